The van der Waals surface area contributed by atoms with Crippen molar-refractivity contribution < 1.29 is 0 Å². The van der Waals surface area contributed by atoms with Crippen LogP contribution in [0.4, 0.5) is 62.6 Å². The average molecular weight is 1520 g/mol. The molecule has 0 spiro atoms. The van der Waals surface area contributed by atoms with Crippen molar-refractivity contribution in [2.75, 3.05) is 26.2 Å². The van der Waals surface area contributed by atoms with E-state index < -0.39 is 0 Å². The largest absolute Gasteiger partial charge is 0.399 e. The highest BCUT2D eigenvalue weighted by Gasteiger charge is 2.17. The van der Waals surface area contributed by atoms with Gasteiger partial charge in [-0.3, -0.25) is 0 Å². The number of halogens is 3. The lowest BCUT2D eigenvalue weighted by atomic mass is 10.1. The summed E-state index contributed by atoms with van der Waals surface area (Å²) in [6.07, 6.45) is 0. The molecule has 3 heterocycles. The van der Waals surface area contributed by atoms with Gasteiger partial charge in [0.1, 0.15) is 0 Å². The van der Waals surface area contributed by atoms with Crippen LogP contribution in [0.15, 0.2) is 361 Å². The number of hydrogen-bond acceptors (Lipinski definition) is 8. The summed E-state index contributed by atoms with van der Waals surface area (Å²) in [6, 6.07) is 122. The number of nitrogens with two attached hydrogens (primary N) is 1. The highest BCUT2D eigenvalue weighted by Crippen LogP contribution is 2.44. The monoisotopic (exact) mass is 1520 g/mol. The van der Waals surface area contributed by atoms with E-state index in [0.717, 1.165) is 65.8 Å². The molecule has 0 radical (unpaired) electrons. The zero-order valence-corrected chi connectivity index (χ0v) is 59.1. The molecule has 0 atom stereocenters. The SMILES string of the molecule is Brc1ccc2sc3cc(I)ccc3c2c1.Brc1ccc2sc3cc(N(c4ccccc4)c4ccccc4)ccc3c2c1.Nc1ccccc1.c1ccc(Nc2ccc3sc4cc(N(c5ccccc5)c5ccccc5)ccc4c3c2)cc1.c1ccc(Nc2ccccc2)cc1. The van der Waals surface area contributed by atoms with Crippen LogP contribution < -0.4 is 26.2 Å². The standard InChI is InChI=1S/C30H22N2S.C24H16BrNS.C12H6BrIS.C12H11N.C6H7N/c1-4-10-22(11-5-1)31-23-16-19-29-28(20-23)27-18-17-26(21-30(27)33-29)32(24-12-6-2-7-13-24)25-14-8-3-9-15-25;25-17-11-14-23-22(15-17)21-13-12-20(16-24(21)27-23)26(18-7-3-1-4-8-18)19-9-5-2-6-10-19;13-7-1-4-11-10(5-7)9-3-2-8(14)6-12(9)15-11;1-3-7-11(8-4-1)13-12-9-5-2-6-10-12;7-6-4-2-1-3-5-6/h1-21,31H;1-16H;1-6H;1-10,13H;1-5H,7H2. The lowest BCUT2D eigenvalue weighted by Gasteiger charge is -2.25. The number of thiophene rings is 3. The van der Waals surface area contributed by atoms with Gasteiger partial charge in [0.05, 0.1) is 0 Å². The molecule has 17 aromatic rings. The predicted octanol–water partition coefficient (Wildman–Crippen LogP) is 27.7. The number of fused-ring (bicyclic) bond motifs is 9. The number of para-hydroxylation sites is 8. The van der Waals surface area contributed by atoms with Crippen LogP contribution in [0.1, 0.15) is 0 Å². The van der Waals surface area contributed by atoms with Crippen molar-refractivity contribution in [3.05, 3.63) is 364 Å². The van der Waals surface area contributed by atoms with E-state index in [1.165, 1.54) is 69.8 Å². The molecular formula is C84H62Br2IN5S3. The summed E-state index contributed by atoms with van der Waals surface area (Å²) in [5.74, 6) is 0. The maximum Gasteiger partial charge on any atom is 0.0476 e. The van der Waals surface area contributed by atoms with Crippen molar-refractivity contribution in [2.45, 2.75) is 0 Å². The van der Waals surface area contributed by atoms with Crippen LogP contribution in [-0.2, 0) is 0 Å². The number of hydrogen-bond donors (Lipinski definition) is 3. The highest BCUT2D eigenvalue weighted by molar-refractivity contribution is 14.1. The molecule has 0 aliphatic heterocycles. The van der Waals surface area contributed by atoms with Gasteiger partial charge in [-0.05, 0) is 211 Å². The zero-order valence-electron chi connectivity index (χ0n) is 51.3. The molecule has 14 aromatic carbocycles. The topological polar surface area (TPSA) is 56.6 Å². The second kappa shape index (κ2) is 31.1. The molecular weight excluding hydrogens is 1460 g/mol. The summed E-state index contributed by atoms with van der Waals surface area (Å²) < 4.78 is 11.5. The molecule has 0 aliphatic carbocycles. The van der Waals surface area contributed by atoms with Crippen LogP contribution in [0.25, 0.3) is 60.5 Å². The highest BCUT2D eigenvalue weighted by atomic mass is 127. The van der Waals surface area contributed by atoms with Crippen molar-refractivity contribution in [1.29, 1.82) is 0 Å². The van der Waals surface area contributed by atoms with Gasteiger partial charge >= 0.3 is 0 Å². The Morgan fingerprint density at radius 2 is 0.558 bits per heavy atom. The van der Waals surface area contributed by atoms with E-state index in [1.54, 1.807) is 0 Å². The summed E-state index contributed by atoms with van der Waals surface area (Å²) >= 11 is 15.0. The van der Waals surface area contributed by atoms with Crippen LogP contribution in [0, 0.1) is 3.57 Å². The molecule has 0 saturated heterocycles. The Morgan fingerprint density at radius 1 is 0.253 bits per heavy atom. The van der Waals surface area contributed by atoms with Crippen molar-refractivity contribution in [1.82, 2.24) is 0 Å². The second-order valence-corrected chi connectivity index (χ2v) is 28.4. The lowest BCUT2D eigenvalue weighted by Crippen LogP contribution is -2.09. The van der Waals surface area contributed by atoms with Gasteiger partial charge in [0.2, 0.25) is 0 Å². The van der Waals surface area contributed by atoms with E-state index in [4.69, 9.17) is 5.73 Å². The summed E-state index contributed by atoms with van der Waals surface area (Å²) in [5, 5.41) is 14.7. The fourth-order valence-electron chi connectivity index (χ4n) is 11.1. The lowest BCUT2D eigenvalue weighted by molar-refractivity contribution is 1.29. The van der Waals surface area contributed by atoms with E-state index in [0.29, 0.717) is 0 Å². The Morgan fingerprint density at radius 3 is 0.916 bits per heavy atom. The predicted molar refractivity (Wildman–Crippen MR) is 432 cm³/mol. The van der Waals surface area contributed by atoms with Gasteiger partial charge in [0.25, 0.3) is 0 Å². The third-order valence-electron chi connectivity index (χ3n) is 15.5. The van der Waals surface area contributed by atoms with Gasteiger partial charge < -0.3 is 26.2 Å². The molecule has 0 saturated carbocycles. The van der Waals surface area contributed by atoms with Gasteiger partial charge in [-0.15, -0.1) is 34.0 Å². The normalized spacial score (nSPS) is 10.7. The van der Waals surface area contributed by atoms with Crippen molar-refractivity contribution in [3.8, 4) is 0 Å². The van der Waals surface area contributed by atoms with Gasteiger partial charge in [0, 0.05) is 136 Å². The number of nitrogen functional groups attached to an aromatic ring is 1. The van der Waals surface area contributed by atoms with Crippen LogP contribution in [-0.4, -0.2) is 0 Å². The summed E-state index contributed by atoms with van der Waals surface area (Å²) in [4.78, 5) is 4.62. The Kier molecular flexibility index (Phi) is 21.0. The molecule has 5 nitrogen and oxygen atoms in total. The molecule has 462 valence electrons. The third kappa shape index (κ3) is 16.2. The first-order valence-corrected chi connectivity index (χ1v) is 36.0. The third-order valence-corrected chi connectivity index (χ3v) is 20.6. The first-order chi connectivity index (χ1) is 46.7. The first kappa shape index (κ1) is 64.2. The average Bonchev–Trinajstić information content (AvgIpc) is 1.68. The molecule has 11 heteroatoms. The maximum atomic E-state index is 5.36. The Balaban J connectivity index is 0.000000117. The van der Waals surface area contributed by atoms with Crippen molar-refractivity contribution >= 4 is 212 Å². The van der Waals surface area contributed by atoms with E-state index in [1.807, 2.05) is 143 Å². The van der Waals surface area contributed by atoms with Gasteiger partial charge in [-0.2, -0.15) is 0 Å². The van der Waals surface area contributed by atoms with E-state index in [-0.39, 0.29) is 0 Å². The van der Waals surface area contributed by atoms with Gasteiger partial charge in [0.15, 0.2) is 0 Å². The quantitative estimate of drug-likeness (QED) is 0.0941. The number of nitrogens with zero attached hydrogens (tertiary/aromatic N) is 2. The smallest absolute Gasteiger partial charge is 0.0476 e. The summed E-state index contributed by atoms with van der Waals surface area (Å²) in [7, 11) is 0. The zero-order chi connectivity index (χ0) is 64.7. The van der Waals surface area contributed by atoms with E-state index >= 15 is 0 Å². The van der Waals surface area contributed by atoms with Crippen LogP contribution in [0.2, 0.25) is 0 Å². The van der Waals surface area contributed by atoms with Gasteiger partial charge in [-0.1, -0.05) is 196 Å². The number of anilines is 11. The molecule has 0 amide bonds. The summed E-state index contributed by atoms with van der Waals surface area (Å²) in [5.41, 5.74) is 17.6. The Bertz CT molecular complexity index is 5180. The maximum absolute atomic E-state index is 5.36. The number of nitrogens with one attached hydrogen (secondary N) is 2. The van der Waals surface area contributed by atoms with Crippen LogP contribution >= 0.6 is 88.5 Å². The fourth-order valence-corrected chi connectivity index (χ4v) is 15.9. The molecule has 0 unspecified atom stereocenters. The fraction of sp³-hybridized carbons (Fsp3) is 0. The van der Waals surface area contributed by atoms with Crippen molar-refractivity contribution in [2.24, 2.45) is 0 Å². The Hall–Kier alpha value is -9.57. The molecule has 95 heavy (non-hydrogen) atoms. The molecule has 17 rings (SSSR count). The van der Waals surface area contributed by atoms with E-state index in [9.17, 15) is 0 Å². The van der Waals surface area contributed by atoms with Gasteiger partial charge in [-0.25, -0.2) is 0 Å². The van der Waals surface area contributed by atoms with Crippen LogP contribution in [0.5, 0.6) is 0 Å². The number of benzene rings is 14. The van der Waals surface area contributed by atoms with E-state index in [2.05, 4.69) is 318 Å². The number of rotatable bonds is 10. The minimum atomic E-state index is 0.822. The minimum Gasteiger partial charge on any atom is -0.399 e. The summed E-state index contributed by atoms with van der Waals surface area (Å²) in [6.45, 7) is 0. The first-order valence-electron chi connectivity index (χ1n) is 30.9. The second-order valence-electron chi connectivity index (χ2n) is 22.1. The molecule has 0 bridgehead atoms. The molecule has 4 N–H and O–H groups in total. The molecule has 0 fully saturated rings. The molecule has 0 aliphatic rings. The van der Waals surface area contributed by atoms with Crippen LogP contribution in [0.3, 0.4) is 0 Å². The Labute approximate surface area is 596 Å². The van der Waals surface area contributed by atoms with Crippen molar-refractivity contribution in [3.63, 3.8) is 0 Å². The minimum absolute atomic E-state index is 0.822. The molecule has 3 aromatic heterocycles.